The number of aliphatic hydroxyl groups excluding tert-OH is 1. The van der Waals surface area contributed by atoms with Gasteiger partial charge in [-0.05, 0) is 45.0 Å². The summed E-state index contributed by atoms with van der Waals surface area (Å²) in [6.07, 6.45) is 2.72. The number of hydrogen-bond acceptors (Lipinski definition) is 4. The number of aromatic nitrogens is 1. The van der Waals surface area contributed by atoms with E-state index in [-0.39, 0.29) is 46.0 Å². The minimum atomic E-state index is -0.552. The highest BCUT2D eigenvalue weighted by Crippen LogP contribution is 2.41. The molecule has 7 heteroatoms. The number of aromatic amines is 1. The van der Waals surface area contributed by atoms with E-state index in [4.69, 9.17) is 0 Å². The number of carbonyl (C=O) groups is 1. The van der Waals surface area contributed by atoms with Crippen LogP contribution in [0.5, 0.6) is 0 Å². The summed E-state index contributed by atoms with van der Waals surface area (Å²) in [6.45, 7) is 2.06. The van der Waals surface area contributed by atoms with Crippen molar-refractivity contribution in [3.8, 4) is 0 Å². The summed E-state index contributed by atoms with van der Waals surface area (Å²) in [5.74, 6) is -0.855. The van der Waals surface area contributed by atoms with Crippen LogP contribution in [-0.4, -0.2) is 65.1 Å². The van der Waals surface area contributed by atoms with Crippen LogP contribution in [0.1, 0.15) is 29.8 Å². The van der Waals surface area contributed by atoms with E-state index in [9.17, 15) is 19.1 Å². The number of para-hydroxylation sites is 1. The van der Waals surface area contributed by atoms with Gasteiger partial charge in [-0.3, -0.25) is 9.59 Å². The normalized spacial score (nSPS) is 26.2. The molecule has 2 N–H and O–H groups in total. The van der Waals surface area contributed by atoms with E-state index in [1.807, 2.05) is 7.05 Å². The number of aliphatic hydroxyl groups is 1. The van der Waals surface area contributed by atoms with Gasteiger partial charge in [0.05, 0.1) is 12.1 Å². The van der Waals surface area contributed by atoms with Crippen LogP contribution in [-0.2, 0) is 0 Å². The molecule has 2 aromatic rings. The van der Waals surface area contributed by atoms with Crippen LogP contribution in [0.2, 0.25) is 0 Å². The molecule has 0 aliphatic carbocycles. The maximum Gasteiger partial charge on any atom is 0.270 e. The standard InChI is InChI=1S/C20H24FN3O3/c1-23-8-3-6-20(12-25)7-9-24(11-17(20)23)19(27)15-10-16(26)13-4-2-5-14(21)18(13)22-15/h2,4-5,10,17,25H,3,6-9,11-12H2,1H3,(H,22,26)/t17-,20-/m1/s1. The van der Waals surface area contributed by atoms with Gasteiger partial charge in [-0.25, -0.2) is 4.39 Å². The second-order valence-electron chi connectivity index (χ2n) is 7.83. The molecule has 2 aliphatic rings. The van der Waals surface area contributed by atoms with Crippen LogP contribution in [0.4, 0.5) is 4.39 Å². The molecule has 4 rings (SSSR count). The fourth-order valence-corrected chi connectivity index (χ4v) is 4.72. The van der Waals surface area contributed by atoms with Gasteiger partial charge in [-0.15, -0.1) is 0 Å². The minimum Gasteiger partial charge on any atom is -0.396 e. The monoisotopic (exact) mass is 373 g/mol. The lowest BCUT2D eigenvalue weighted by Crippen LogP contribution is -2.62. The number of piperidine rings is 2. The molecule has 27 heavy (non-hydrogen) atoms. The van der Waals surface area contributed by atoms with Gasteiger partial charge in [-0.1, -0.05) is 6.07 Å². The maximum atomic E-state index is 14.1. The summed E-state index contributed by atoms with van der Waals surface area (Å²) in [7, 11) is 2.02. The van der Waals surface area contributed by atoms with Crippen molar-refractivity contribution in [1.82, 2.24) is 14.8 Å². The van der Waals surface area contributed by atoms with Crippen molar-refractivity contribution < 1.29 is 14.3 Å². The number of carbonyl (C=O) groups excluding carboxylic acids is 1. The minimum absolute atomic E-state index is 0.0600. The van der Waals surface area contributed by atoms with Gasteiger partial charge in [0.1, 0.15) is 11.5 Å². The first kappa shape index (κ1) is 18.1. The van der Waals surface area contributed by atoms with Gasteiger partial charge in [-0.2, -0.15) is 0 Å². The molecule has 3 heterocycles. The number of likely N-dealkylation sites (N-methyl/N-ethyl adjacent to an activating group) is 1. The first-order valence-corrected chi connectivity index (χ1v) is 9.37. The molecule has 1 aromatic carbocycles. The first-order chi connectivity index (χ1) is 12.9. The maximum absolute atomic E-state index is 14.1. The number of halogens is 1. The van der Waals surface area contributed by atoms with Crippen molar-refractivity contribution in [2.75, 3.05) is 33.3 Å². The third-order valence-electron chi connectivity index (χ3n) is 6.34. The molecule has 1 aromatic heterocycles. The Morgan fingerprint density at radius 2 is 2.19 bits per heavy atom. The van der Waals surface area contributed by atoms with E-state index in [1.54, 1.807) is 11.0 Å². The molecule has 1 amide bonds. The molecule has 2 atom stereocenters. The number of H-pyrrole nitrogens is 1. The number of rotatable bonds is 2. The smallest absolute Gasteiger partial charge is 0.270 e. The second-order valence-corrected chi connectivity index (χ2v) is 7.83. The van der Waals surface area contributed by atoms with E-state index in [0.29, 0.717) is 13.1 Å². The van der Waals surface area contributed by atoms with E-state index >= 15 is 0 Å². The quantitative estimate of drug-likeness (QED) is 0.838. The number of amides is 1. The van der Waals surface area contributed by atoms with E-state index in [1.165, 1.54) is 18.2 Å². The number of nitrogens with zero attached hydrogens (tertiary/aromatic N) is 2. The SMILES string of the molecule is CN1CCC[C@]2(CO)CCN(C(=O)c3cc(=O)c4cccc(F)c4[nH]3)C[C@@H]12. The molecule has 6 nitrogen and oxygen atoms in total. The molecule has 0 saturated carbocycles. The Morgan fingerprint density at radius 1 is 1.37 bits per heavy atom. The molecule has 144 valence electrons. The summed E-state index contributed by atoms with van der Waals surface area (Å²) >= 11 is 0. The van der Waals surface area contributed by atoms with Gasteiger partial charge in [0.2, 0.25) is 0 Å². The fourth-order valence-electron chi connectivity index (χ4n) is 4.72. The van der Waals surface area contributed by atoms with Crippen molar-refractivity contribution in [3.63, 3.8) is 0 Å². The molecule has 2 fully saturated rings. The third kappa shape index (κ3) is 2.95. The summed E-state index contributed by atoms with van der Waals surface area (Å²) in [4.78, 5) is 32.1. The highest BCUT2D eigenvalue weighted by Gasteiger charge is 2.47. The highest BCUT2D eigenvalue weighted by atomic mass is 19.1. The number of benzene rings is 1. The Kier molecular flexibility index (Phi) is 4.52. The van der Waals surface area contributed by atoms with Gasteiger partial charge >= 0.3 is 0 Å². The average Bonchev–Trinajstić information content (AvgIpc) is 2.68. The lowest BCUT2D eigenvalue weighted by atomic mass is 9.69. The largest absolute Gasteiger partial charge is 0.396 e. The average molecular weight is 373 g/mol. The Labute approximate surface area is 156 Å². The summed E-state index contributed by atoms with van der Waals surface area (Å²) in [5, 5.41) is 10.2. The summed E-state index contributed by atoms with van der Waals surface area (Å²) in [6, 6.07) is 5.62. The van der Waals surface area contributed by atoms with Gasteiger partial charge in [0.25, 0.3) is 5.91 Å². The van der Waals surface area contributed by atoms with Crippen LogP contribution in [0.3, 0.4) is 0 Å². The Bertz CT molecular complexity index is 944. The predicted octanol–water partition coefficient (Wildman–Crippen LogP) is 1.59. The van der Waals surface area contributed by atoms with E-state index in [2.05, 4.69) is 9.88 Å². The molecule has 0 bridgehead atoms. The molecular weight excluding hydrogens is 349 g/mol. The van der Waals surface area contributed by atoms with Crippen molar-refractivity contribution in [2.24, 2.45) is 5.41 Å². The zero-order chi connectivity index (χ0) is 19.2. The number of fused-ring (bicyclic) bond motifs is 2. The highest BCUT2D eigenvalue weighted by molar-refractivity contribution is 5.95. The Balaban J connectivity index is 1.65. The zero-order valence-corrected chi connectivity index (χ0v) is 15.4. The summed E-state index contributed by atoms with van der Waals surface area (Å²) < 4.78 is 14.1. The topological polar surface area (TPSA) is 76.6 Å². The molecule has 2 aliphatic heterocycles. The van der Waals surface area contributed by atoms with Crippen LogP contribution in [0.15, 0.2) is 29.1 Å². The van der Waals surface area contributed by atoms with Crippen molar-refractivity contribution in [2.45, 2.75) is 25.3 Å². The molecule has 0 spiro atoms. The molecule has 2 saturated heterocycles. The summed E-state index contributed by atoms with van der Waals surface area (Å²) in [5.41, 5.74) is -0.382. The Morgan fingerprint density at radius 3 is 2.96 bits per heavy atom. The van der Waals surface area contributed by atoms with Crippen LogP contribution in [0.25, 0.3) is 10.9 Å². The Hall–Kier alpha value is -2.25. The van der Waals surface area contributed by atoms with E-state index in [0.717, 1.165) is 25.8 Å². The van der Waals surface area contributed by atoms with E-state index < -0.39 is 5.82 Å². The predicted molar refractivity (Wildman–Crippen MR) is 100 cm³/mol. The molecule has 0 radical (unpaired) electrons. The van der Waals surface area contributed by atoms with Crippen molar-refractivity contribution >= 4 is 16.8 Å². The molecular formula is C20H24FN3O3. The third-order valence-corrected chi connectivity index (χ3v) is 6.34. The van der Waals surface area contributed by atoms with Crippen molar-refractivity contribution in [3.05, 3.63) is 46.0 Å². The number of nitrogens with one attached hydrogen (secondary N) is 1. The van der Waals surface area contributed by atoms with Gasteiger partial charge in [0.15, 0.2) is 5.43 Å². The van der Waals surface area contributed by atoms with Gasteiger partial charge < -0.3 is 19.9 Å². The zero-order valence-electron chi connectivity index (χ0n) is 15.4. The van der Waals surface area contributed by atoms with Crippen molar-refractivity contribution in [1.29, 1.82) is 0 Å². The van der Waals surface area contributed by atoms with Crippen LogP contribution >= 0.6 is 0 Å². The first-order valence-electron chi connectivity index (χ1n) is 9.37. The number of hydrogen-bond donors (Lipinski definition) is 2. The van der Waals surface area contributed by atoms with Crippen LogP contribution < -0.4 is 5.43 Å². The fraction of sp³-hybridized carbons (Fsp3) is 0.500. The lowest BCUT2D eigenvalue weighted by Gasteiger charge is -2.53. The van der Waals surface area contributed by atoms with Gasteiger partial charge in [0, 0.05) is 36.0 Å². The second kappa shape index (κ2) is 6.73. The molecule has 0 unspecified atom stereocenters. The lowest BCUT2D eigenvalue weighted by molar-refractivity contribution is -0.0602. The number of likely N-dealkylation sites (tertiary alicyclic amines) is 2. The van der Waals surface area contributed by atoms with Crippen LogP contribution in [0, 0.1) is 11.2 Å². The number of pyridine rings is 1.